The maximum Gasteiger partial charge on any atom is 0.203 e. The first-order chi connectivity index (χ1) is 14.6. The van der Waals surface area contributed by atoms with Crippen molar-refractivity contribution in [2.45, 2.75) is 58.5 Å². The highest BCUT2D eigenvalue weighted by Gasteiger charge is 2.18. The quantitative estimate of drug-likeness (QED) is 0.410. The zero-order chi connectivity index (χ0) is 21.9. The third-order valence-corrected chi connectivity index (χ3v) is 5.29. The van der Waals surface area contributed by atoms with Gasteiger partial charge in [0, 0.05) is 0 Å². The SMILES string of the molecule is CCCCC(CC)Oc1c(OC)cc(CCc2ccc(OC)c(OC)c2)cc1OC. The van der Waals surface area contributed by atoms with E-state index >= 15 is 0 Å². The van der Waals surface area contributed by atoms with Crippen molar-refractivity contribution in [3.05, 3.63) is 41.5 Å². The third kappa shape index (κ3) is 6.22. The zero-order valence-electron chi connectivity index (χ0n) is 19.2. The van der Waals surface area contributed by atoms with Gasteiger partial charge in [0.25, 0.3) is 0 Å². The molecule has 2 aromatic carbocycles. The standard InChI is InChI=1S/C25H36O5/c1-7-9-10-20(8-2)30-25-23(28-5)16-19(17-24(25)29-6)12-11-18-13-14-21(26-3)22(15-18)27-4/h13-17,20H,7-12H2,1-6H3. The lowest BCUT2D eigenvalue weighted by atomic mass is 10.0. The van der Waals surface area contributed by atoms with Crippen LogP contribution >= 0.6 is 0 Å². The molecule has 30 heavy (non-hydrogen) atoms. The Balaban J connectivity index is 2.20. The molecule has 1 unspecified atom stereocenters. The fraction of sp³-hybridized carbons (Fsp3) is 0.520. The highest BCUT2D eigenvalue weighted by atomic mass is 16.5. The smallest absolute Gasteiger partial charge is 0.203 e. The molecule has 0 spiro atoms. The molecule has 0 aliphatic rings. The van der Waals surface area contributed by atoms with Gasteiger partial charge in [-0.3, -0.25) is 0 Å². The number of hydrogen-bond acceptors (Lipinski definition) is 5. The van der Waals surface area contributed by atoms with E-state index in [9.17, 15) is 0 Å². The Morgan fingerprint density at radius 1 is 0.700 bits per heavy atom. The second kappa shape index (κ2) is 12.2. The Labute approximate surface area is 181 Å². The summed E-state index contributed by atoms with van der Waals surface area (Å²) in [6.45, 7) is 4.35. The molecule has 0 radical (unpaired) electrons. The molecule has 0 bridgehead atoms. The number of unbranched alkanes of at least 4 members (excludes halogenated alkanes) is 1. The molecule has 0 aromatic heterocycles. The number of rotatable bonds is 13. The van der Waals surface area contributed by atoms with Crippen LogP contribution in [0.15, 0.2) is 30.3 Å². The van der Waals surface area contributed by atoms with Gasteiger partial charge in [0.1, 0.15) is 0 Å². The first-order valence-corrected chi connectivity index (χ1v) is 10.7. The molecule has 0 aliphatic carbocycles. The molecule has 2 rings (SSSR count). The Bertz CT molecular complexity index is 762. The van der Waals surface area contributed by atoms with E-state index in [4.69, 9.17) is 23.7 Å². The number of benzene rings is 2. The minimum atomic E-state index is 0.158. The molecular formula is C25H36O5. The van der Waals surface area contributed by atoms with Crippen LogP contribution in [0.5, 0.6) is 28.7 Å². The predicted molar refractivity (Wildman–Crippen MR) is 121 cm³/mol. The lowest BCUT2D eigenvalue weighted by Crippen LogP contribution is -2.16. The molecule has 1 atom stereocenters. The van der Waals surface area contributed by atoms with Gasteiger partial charge >= 0.3 is 0 Å². The lowest BCUT2D eigenvalue weighted by Gasteiger charge is -2.22. The van der Waals surface area contributed by atoms with E-state index in [1.165, 1.54) is 5.56 Å². The van der Waals surface area contributed by atoms with Gasteiger partial charge in [0.05, 0.1) is 34.5 Å². The predicted octanol–water partition coefficient (Wildman–Crippen LogP) is 5.85. The molecule has 166 valence electrons. The molecule has 0 aliphatic heterocycles. The maximum absolute atomic E-state index is 6.30. The largest absolute Gasteiger partial charge is 0.493 e. The van der Waals surface area contributed by atoms with Crippen LogP contribution < -0.4 is 23.7 Å². The molecular weight excluding hydrogens is 380 g/mol. The van der Waals surface area contributed by atoms with Crippen molar-refractivity contribution >= 4 is 0 Å². The summed E-state index contributed by atoms with van der Waals surface area (Å²) in [5.74, 6) is 3.60. The zero-order valence-corrected chi connectivity index (χ0v) is 19.2. The van der Waals surface area contributed by atoms with Crippen molar-refractivity contribution in [2.75, 3.05) is 28.4 Å². The van der Waals surface area contributed by atoms with Crippen LogP contribution in [0.25, 0.3) is 0 Å². The van der Waals surface area contributed by atoms with Gasteiger partial charge < -0.3 is 23.7 Å². The average Bonchev–Trinajstić information content (AvgIpc) is 2.79. The van der Waals surface area contributed by atoms with Crippen LogP contribution in [0.2, 0.25) is 0 Å². The van der Waals surface area contributed by atoms with Crippen molar-refractivity contribution in [1.29, 1.82) is 0 Å². The first kappa shape index (κ1) is 23.7. The van der Waals surface area contributed by atoms with Gasteiger partial charge in [-0.1, -0.05) is 32.8 Å². The van der Waals surface area contributed by atoms with Crippen LogP contribution in [0.4, 0.5) is 0 Å². The van der Waals surface area contributed by atoms with Gasteiger partial charge in [-0.25, -0.2) is 0 Å². The van der Waals surface area contributed by atoms with E-state index in [0.717, 1.165) is 55.6 Å². The topological polar surface area (TPSA) is 46.2 Å². The van der Waals surface area contributed by atoms with E-state index in [2.05, 4.69) is 19.9 Å². The first-order valence-electron chi connectivity index (χ1n) is 10.7. The monoisotopic (exact) mass is 416 g/mol. The second-order valence-corrected chi connectivity index (χ2v) is 7.31. The van der Waals surface area contributed by atoms with Crippen LogP contribution in [0.1, 0.15) is 50.7 Å². The minimum Gasteiger partial charge on any atom is -0.493 e. The summed E-state index contributed by atoms with van der Waals surface area (Å²) in [5.41, 5.74) is 2.31. The van der Waals surface area contributed by atoms with Crippen LogP contribution in [0.3, 0.4) is 0 Å². The van der Waals surface area contributed by atoms with Crippen molar-refractivity contribution in [3.8, 4) is 28.7 Å². The third-order valence-electron chi connectivity index (χ3n) is 5.29. The summed E-state index contributed by atoms with van der Waals surface area (Å²) in [5, 5.41) is 0. The van der Waals surface area contributed by atoms with Crippen molar-refractivity contribution in [2.24, 2.45) is 0 Å². The highest BCUT2D eigenvalue weighted by molar-refractivity contribution is 5.54. The Hall–Kier alpha value is -2.56. The van der Waals surface area contributed by atoms with Gasteiger partial charge in [0.15, 0.2) is 23.0 Å². The average molecular weight is 417 g/mol. The Morgan fingerprint density at radius 2 is 1.27 bits per heavy atom. The summed E-state index contributed by atoms with van der Waals surface area (Å²) in [6.07, 6.45) is 6.14. The van der Waals surface area contributed by atoms with Crippen LogP contribution in [-0.4, -0.2) is 34.5 Å². The fourth-order valence-electron chi connectivity index (χ4n) is 3.46. The molecule has 5 nitrogen and oxygen atoms in total. The summed E-state index contributed by atoms with van der Waals surface area (Å²) in [7, 11) is 6.64. The summed E-state index contributed by atoms with van der Waals surface area (Å²) >= 11 is 0. The van der Waals surface area contributed by atoms with Gasteiger partial charge in [-0.2, -0.15) is 0 Å². The number of methoxy groups -OCH3 is 4. The number of hydrogen-bond donors (Lipinski definition) is 0. The van der Waals surface area contributed by atoms with Crippen LogP contribution in [0, 0.1) is 0 Å². The number of aryl methyl sites for hydroxylation is 2. The lowest BCUT2D eigenvalue weighted by molar-refractivity contribution is 0.169. The highest BCUT2D eigenvalue weighted by Crippen LogP contribution is 2.40. The molecule has 0 saturated heterocycles. The summed E-state index contributed by atoms with van der Waals surface area (Å²) in [6, 6.07) is 10.1. The molecule has 0 fully saturated rings. The van der Waals surface area contributed by atoms with E-state index in [0.29, 0.717) is 17.2 Å². The summed E-state index contributed by atoms with van der Waals surface area (Å²) in [4.78, 5) is 0. The van der Waals surface area contributed by atoms with E-state index in [1.54, 1.807) is 28.4 Å². The van der Waals surface area contributed by atoms with E-state index in [1.807, 2.05) is 24.3 Å². The molecule has 2 aromatic rings. The fourth-order valence-corrected chi connectivity index (χ4v) is 3.46. The maximum atomic E-state index is 6.30. The van der Waals surface area contributed by atoms with E-state index in [-0.39, 0.29) is 6.10 Å². The van der Waals surface area contributed by atoms with Gasteiger partial charge in [0.2, 0.25) is 5.75 Å². The van der Waals surface area contributed by atoms with Crippen molar-refractivity contribution in [1.82, 2.24) is 0 Å². The normalized spacial score (nSPS) is 11.7. The van der Waals surface area contributed by atoms with Crippen molar-refractivity contribution in [3.63, 3.8) is 0 Å². The molecule has 0 amide bonds. The van der Waals surface area contributed by atoms with Gasteiger partial charge in [-0.05, 0) is 61.1 Å². The molecule has 0 N–H and O–H groups in total. The molecule has 5 heteroatoms. The second-order valence-electron chi connectivity index (χ2n) is 7.31. The Kier molecular flexibility index (Phi) is 9.65. The van der Waals surface area contributed by atoms with E-state index < -0.39 is 0 Å². The minimum absolute atomic E-state index is 0.158. The van der Waals surface area contributed by atoms with Gasteiger partial charge in [-0.15, -0.1) is 0 Å². The molecule has 0 saturated carbocycles. The summed E-state index contributed by atoms with van der Waals surface area (Å²) < 4.78 is 28.3. The Morgan fingerprint density at radius 3 is 1.80 bits per heavy atom. The van der Waals surface area contributed by atoms with Crippen molar-refractivity contribution < 1.29 is 23.7 Å². The van der Waals surface area contributed by atoms with Crippen LogP contribution in [-0.2, 0) is 12.8 Å². The molecule has 0 heterocycles. The number of ether oxygens (including phenoxy) is 5.